The Bertz CT molecular complexity index is 3070. The number of nitrogens with two attached hydrogens (primary N) is 4. The Kier molecular flexibility index (Phi) is 49.5. The molecule has 2 fully saturated rings. The standard InChI is InChI=1S/C76H130N14O21S/c1-52(2)48-60(71(100)90-30-13-18-63(90)72(101)88(7)61(16-11-27-84-75(79)80)65(94)51-57(76(4,5)6)68(97)86-58(15-10-26-83-74(77)78)64(93)50-55(73(102)103)49-54-19-21-56(92)22-20-54)87-69(98)62-17-12-29-89(62)70(99)59(85-53(3)91)14-8-9-25-81-66(95)23-31-104-33-35-106-37-39-108-41-43-110-45-46-111-44-42-109-40-38-107-36-34-105-32-28-82-67(96)24-47-112/h19-22,52,55,57-63,92,112H,8-18,23-51H2,1-7H3,(H,81,95)(H,82,96)(H,85,91)(H,86,97)(H,87,98)(H,102,103)(H4,77,78,83)(H4,79,80,84)/t55-,57-,58+,59+,60+,61+,62+,63+/m1/s1. The van der Waals surface area contributed by atoms with Crippen LogP contribution in [0.1, 0.15) is 150 Å². The number of carboxylic acids is 1. The van der Waals surface area contributed by atoms with Crippen LogP contribution in [0.2, 0.25) is 0 Å². The smallest absolute Gasteiger partial charge is 0.307 e. The molecule has 0 aromatic heterocycles. The first-order chi connectivity index (χ1) is 53.4. The number of carboxylic acid groups (broad SMARTS) is 1. The largest absolute Gasteiger partial charge is 0.508 e. The molecule has 8 amide bonds. The Balaban J connectivity index is 1.50. The summed E-state index contributed by atoms with van der Waals surface area (Å²) in [5.74, 6) is -8.19. The zero-order valence-electron chi connectivity index (χ0n) is 66.9. The van der Waals surface area contributed by atoms with Crippen LogP contribution in [-0.2, 0) is 97.1 Å². The van der Waals surface area contributed by atoms with Crippen molar-refractivity contribution in [3.05, 3.63) is 29.8 Å². The number of likely N-dealkylation sites (N-methyl/N-ethyl adjacent to an activating group) is 1. The van der Waals surface area contributed by atoms with Crippen molar-refractivity contribution in [1.82, 2.24) is 41.3 Å². The number of ketones is 2. The Morgan fingerprint density at radius 3 is 1.55 bits per heavy atom. The van der Waals surface area contributed by atoms with Gasteiger partial charge in [0.2, 0.25) is 47.3 Å². The van der Waals surface area contributed by atoms with E-state index in [4.69, 9.17) is 60.8 Å². The van der Waals surface area contributed by atoms with Gasteiger partial charge in [-0.3, -0.25) is 62.7 Å². The van der Waals surface area contributed by atoms with E-state index in [-0.39, 0.29) is 139 Å². The first-order valence-electron chi connectivity index (χ1n) is 39.1. The van der Waals surface area contributed by atoms with Crippen molar-refractivity contribution in [3.8, 4) is 5.75 Å². The molecule has 3 rings (SSSR count). The number of hydrogen-bond donors (Lipinski definition) is 12. The summed E-state index contributed by atoms with van der Waals surface area (Å²) in [6.45, 7) is 17.7. The molecule has 1 aromatic rings. The fraction of sp³-hybridized carbons (Fsp3) is 0.750. The average Bonchev–Trinajstić information content (AvgIpc) is 1.46. The Morgan fingerprint density at radius 2 is 1.05 bits per heavy atom. The lowest BCUT2D eigenvalue weighted by Crippen LogP contribution is -2.58. The van der Waals surface area contributed by atoms with Gasteiger partial charge in [0.15, 0.2) is 23.5 Å². The number of carbonyl (C=O) groups is 11. The van der Waals surface area contributed by atoms with Gasteiger partial charge >= 0.3 is 5.97 Å². The summed E-state index contributed by atoms with van der Waals surface area (Å²) in [6.07, 6.45) is 2.76. The van der Waals surface area contributed by atoms with Crippen molar-refractivity contribution in [1.29, 1.82) is 0 Å². The maximum atomic E-state index is 15.0. The molecule has 2 saturated heterocycles. The van der Waals surface area contributed by atoms with Crippen LogP contribution in [0.15, 0.2) is 34.3 Å². The third-order valence-corrected chi connectivity index (χ3v) is 18.9. The number of likely N-dealkylation sites (tertiary alicyclic amines) is 2. The van der Waals surface area contributed by atoms with Crippen molar-refractivity contribution < 1.29 is 101 Å². The first-order valence-corrected chi connectivity index (χ1v) is 39.8. The summed E-state index contributed by atoms with van der Waals surface area (Å²) >= 11 is 4.02. The number of thiol groups is 1. The Hall–Kier alpha value is -7.84. The molecule has 0 aliphatic carbocycles. The number of ether oxygens (including phenoxy) is 8. The van der Waals surface area contributed by atoms with Crippen molar-refractivity contribution in [2.75, 3.05) is 158 Å². The van der Waals surface area contributed by atoms with Crippen LogP contribution in [0.4, 0.5) is 0 Å². The van der Waals surface area contributed by atoms with Crippen molar-refractivity contribution in [2.45, 2.75) is 187 Å². The van der Waals surface area contributed by atoms with Crippen LogP contribution in [0, 0.1) is 23.2 Å². The Labute approximate surface area is 665 Å². The van der Waals surface area contributed by atoms with Crippen molar-refractivity contribution in [2.24, 2.45) is 56.1 Å². The van der Waals surface area contributed by atoms with E-state index in [1.165, 1.54) is 40.8 Å². The molecular formula is C76H130N14O21S. The molecule has 112 heavy (non-hydrogen) atoms. The van der Waals surface area contributed by atoms with Gasteiger partial charge < -0.3 is 112 Å². The lowest BCUT2D eigenvalue weighted by molar-refractivity contribution is -0.149. The minimum atomic E-state index is -1.25. The van der Waals surface area contributed by atoms with Crippen LogP contribution >= 0.6 is 12.6 Å². The Morgan fingerprint density at radius 1 is 0.580 bits per heavy atom. The molecule has 0 unspecified atom stereocenters. The van der Waals surface area contributed by atoms with E-state index in [0.29, 0.717) is 149 Å². The molecular weight excluding hydrogens is 1480 g/mol. The fourth-order valence-electron chi connectivity index (χ4n) is 12.7. The number of aliphatic carboxylic acids is 1. The van der Waals surface area contributed by atoms with E-state index < -0.39 is 119 Å². The van der Waals surface area contributed by atoms with Crippen molar-refractivity contribution in [3.63, 3.8) is 0 Å². The second-order valence-electron chi connectivity index (χ2n) is 29.2. The average molecular weight is 1610 g/mol. The highest BCUT2D eigenvalue weighted by atomic mass is 32.1. The molecule has 1 aromatic carbocycles. The van der Waals surface area contributed by atoms with Gasteiger partial charge in [0.1, 0.15) is 29.9 Å². The number of aromatic hydroxyl groups is 1. The van der Waals surface area contributed by atoms with E-state index >= 15 is 0 Å². The van der Waals surface area contributed by atoms with Crippen LogP contribution in [0.3, 0.4) is 0 Å². The molecule has 2 heterocycles. The number of benzene rings is 1. The molecule has 0 spiro atoms. The van der Waals surface area contributed by atoms with Crippen LogP contribution in [0.5, 0.6) is 5.75 Å². The second-order valence-corrected chi connectivity index (χ2v) is 29.7. The fourth-order valence-corrected chi connectivity index (χ4v) is 12.9. The quantitative estimate of drug-likeness (QED) is 0.0187. The SMILES string of the molecule is CC(=O)N[C@@H](CCCCNC(=O)CCOCCOCCOCCOCCOCCOCCOCCOCCNC(=O)CCS)C(=O)N1CCC[C@H]1C(=O)N[C@@H](CC(C)C)C(=O)N1CCC[C@H]1C(=O)N(C)[C@@H](CCCN=C(N)N)C(=O)C[C@H](C(=O)N[C@@H](CCCN=C(N)N)C(=O)C[C@@H](Cc1ccc(O)cc1)C(=O)O)C(C)(C)C. The number of unbranched alkanes of at least 4 members (excludes halogenated alkanes) is 1. The normalized spacial score (nSPS) is 15.8. The van der Waals surface area contributed by atoms with Gasteiger partial charge in [-0.05, 0) is 118 Å². The number of rotatable bonds is 62. The minimum Gasteiger partial charge on any atom is -0.508 e. The van der Waals surface area contributed by atoms with Gasteiger partial charge in [-0.2, -0.15) is 12.6 Å². The highest BCUT2D eigenvalue weighted by Crippen LogP contribution is 2.32. The molecule has 2 aliphatic heterocycles. The summed E-state index contributed by atoms with van der Waals surface area (Å²) in [7, 11) is 1.45. The van der Waals surface area contributed by atoms with E-state index in [1.807, 2.05) is 13.8 Å². The number of phenols is 1. The third kappa shape index (κ3) is 41.3. The minimum absolute atomic E-state index is 0.0180. The van der Waals surface area contributed by atoms with Gasteiger partial charge in [-0.1, -0.05) is 46.8 Å². The molecule has 0 bridgehead atoms. The predicted octanol–water partition coefficient (Wildman–Crippen LogP) is 0.898. The van der Waals surface area contributed by atoms with Gasteiger partial charge in [0.25, 0.3) is 0 Å². The van der Waals surface area contributed by atoms with E-state index in [1.54, 1.807) is 32.9 Å². The van der Waals surface area contributed by atoms with Crippen molar-refractivity contribution >= 4 is 89.3 Å². The zero-order valence-corrected chi connectivity index (χ0v) is 67.8. The molecule has 36 heteroatoms. The first kappa shape index (κ1) is 98.4. The van der Waals surface area contributed by atoms with Gasteiger partial charge in [-0.25, -0.2) is 0 Å². The number of guanidine groups is 2. The van der Waals surface area contributed by atoms with E-state index in [9.17, 15) is 63.0 Å². The number of carbonyl (C=O) groups excluding carboxylic acids is 10. The number of aliphatic imine (C=N–C) groups is 2. The summed E-state index contributed by atoms with van der Waals surface area (Å²) in [4.78, 5) is 164. The van der Waals surface area contributed by atoms with Crippen LogP contribution in [-0.4, -0.2) is 296 Å². The highest BCUT2D eigenvalue weighted by Gasteiger charge is 2.45. The predicted molar refractivity (Wildman–Crippen MR) is 421 cm³/mol. The second kappa shape index (κ2) is 56.4. The molecule has 636 valence electrons. The third-order valence-electron chi connectivity index (χ3n) is 18.6. The molecule has 35 nitrogen and oxygen atoms in total. The summed E-state index contributed by atoms with van der Waals surface area (Å²) in [5, 5.41) is 34.1. The number of phenolic OH excluding ortho intramolecular Hbond substituents is 1. The van der Waals surface area contributed by atoms with Gasteiger partial charge in [-0.15, -0.1) is 0 Å². The summed E-state index contributed by atoms with van der Waals surface area (Å²) in [6, 6.07) is -0.640. The topological polar surface area (TPSA) is 501 Å². The highest BCUT2D eigenvalue weighted by molar-refractivity contribution is 7.80. The monoisotopic (exact) mass is 1610 g/mol. The maximum Gasteiger partial charge on any atom is 0.307 e. The van der Waals surface area contributed by atoms with E-state index in [2.05, 4.69) is 49.2 Å². The molecule has 0 radical (unpaired) electrons. The zero-order chi connectivity index (χ0) is 82.8. The van der Waals surface area contributed by atoms with Gasteiger partial charge in [0.05, 0.1) is 124 Å². The molecule has 2 aliphatic rings. The lowest BCUT2D eigenvalue weighted by atomic mass is 9.76. The summed E-state index contributed by atoms with van der Waals surface area (Å²) in [5.41, 5.74) is 22.0. The summed E-state index contributed by atoms with van der Waals surface area (Å²) < 4.78 is 44.0. The number of hydrogen-bond acceptors (Lipinski definition) is 23. The number of nitrogens with one attached hydrogen (secondary N) is 5. The van der Waals surface area contributed by atoms with Crippen LogP contribution in [0.25, 0.3) is 0 Å². The van der Waals surface area contributed by atoms with Crippen LogP contribution < -0.4 is 49.5 Å². The van der Waals surface area contributed by atoms with Gasteiger partial charge in [0, 0.05) is 84.8 Å². The number of nitrogens with zero attached hydrogens (tertiary/aromatic N) is 5. The molecule has 15 N–H and O–H groups in total. The number of Topliss-reactive ketones (excluding diaryl/α,β-unsaturated/α-hetero) is 2. The lowest BCUT2D eigenvalue weighted by Gasteiger charge is -2.36. The van der Waals surface area contributed by atoms with E-state index in [0.717, 1.165) is 0 Å². The molecule has 8 atom stereocenters. The number of amides is 8. The maximum absolute atomic E-state index is 15.0. The molecule has 0 saturated carbocycles.